The Morgan fingerprint density at radius 3 is 2.27 bits per heavy atom. The number of aromatic nitrogens is 1. The zero-order valence-corrected chi connectivity index (χ0v) is 17.1. The summed E-state index contributed by atoms with van der Waals surface area (Å²) in [6.45, 7) is 2.56. The fourth-order valence-corrected chi connectivity index (χ4v) is 2.67. The molecule has 0 radical (unpaired) electrons. The van der Waals surface area contributed by atoms with Crippen molar-refractivity contribution in [1.82, 2.24) is 4.98 Å². The highest BCUT2D eigenvalue weighted by Gasteiger charge is 2.07. The van der Waals surface area contributed by atoms with E-state index in [-0.39, 0.29) is 18.4 Å². The zero-order valence-electron chi connectivity index (χ0n) is 16.3. The second-order valence-corrected chi connectivity index (χ2v) is 6.69. The van der Waals surface area contributed by atoms with E-state index in [1.54, 1.807) is 60.7 Å². The lowest BCUT2D eigenvalue weighted by molar-refractivity contribution is -0.114. The number of nitrogens with zero attached hydrogens (tertiary/aromatic N) is 1. The Bertz CT molecular complexity index is 990. The molecule has 30 heavy (non-hydrogen) atoms. The van der Waals surface area contributed by atoms with Crippen molar-refractivity contribution in [2.75, 3.05) is 29.1 Å². The number of anilines is 3. The van der Waals surface area contributed by atoms with Gasteiger partial charge in [0, 0.05) is 23.1 Å². The largest absolute Gasteiger partial charge is 0.494 e. The van der Waals surface area contributed by atoms with Gasteiger partial charge in [-0.15, -0.1) is 0 Å². The number of hydrogen-bond donors (Lipinski definition) is 3. The third-order valence-corrected chi connectivity index (χ3v) is 4.24. The summed E-state index contributed by atoms with van der Waals surface area (Å²) in [5, 5.41) is 8.99. The van der Waals surface area contributed by atoms with Crippen LogP contribution in [0.1, 0.15) is 17.3 Å². The lowest BCUT2D eigenvalue weighted by Crippen LogP contribution is -2.22. The van der Waals surface area contributed by atoms with Crippen LogP contribution >= 0.6 is 11.6 Å². The lowest BCUT2D eigenvalue weighted by atomic mass is 10.2. The highest BCUT2D eigenvalue weighted by atomic mass is 35.5. The summed E-state index contributed by atoms with van der Waals surface area (Å²) in [5.74, 6) is 0.703. The van der Waals surface area contributed by atoms with Crippen LogP contribution in [0.15, 0.2) is 66.9 Å². The van der Waals surface area contributed by atoms with Crippen LogP contribution in [0.25, 0.3) is 0 Å². The van der Waals surface area contributed by atoms with Crippen molar-refractivity contribution in [3.63, 3.8) is 0 Å². The van der Waals surface area contributed by atoms with Gasteiger partial charge in [0.25, 0.3) is 5.91 Å². The molecule has 1 aromatic heterocycles. The van der Waals surface area contributed by atoms with Gasteiger partial charge in [0.05, 0.1) is 18.2 Å². The number of benzene rings is 2. The average Bonchev–Trinajstić information content (AvgIpc) is 2.76. The molecule has 154 valence electrons. The first-order valence-corrected chi connectivity index (χ1v) is 9.71. The van der Waals surface area contributed by atoms with Crippen molar-refractivity contribution in [1.29, 1.82) is 0 Å². The van der Waals surface area contributed by atoms with E-state index >= 15 is 0 Å². The molecular weight excluding hydrogens is 404 g/mol. The van der Waals surface area contributed by atoms with Gasteiger partial charge in [-0.05, 0) is 67.6 Å². The minimum absolute atomic E-state index is 0.0576. The molecule has 2 aromatic carbocycles. The van der Waals surface area contributed by atoms with E-state index in [0.29, 0.717) is 34.4 Å². The first kappa shape index (κ1) is 21.1. The van der Waals surface area contributed by atoms with Crippen molar-refractivity contribution in [2.45, 2.75) is 6.92 Å². The van der Waals surface area contributed by atoms with Gasteiger partial charge >= 0.3 is 0 Å². The van der Waals surface area contributed by atoms with Crippen molar-refractivity contribution >= 4 is 40.6 Å². The van der Waals surface area contributed by atoms with Crippen molar-refractivity contribution in [2.24, 2.45) is 0 Å². The third kappa shape index (κ3) is 6.22. The normalized spacial score (nSPS) is 10.2. The summed E-state index contributed by atoms with van der Waals surface area (Å²) in [7, 11) is 0. The number of halogens is 1. The number of rotatable bonds is 8. The van der Waals surface area contributed by atoms with Crippen LogP contribution < -0.4 is 20.7 Å². The maximum absolute atomic E-state index is 12.4. The number of pyridine rings is 1. The van der Waals surface area contributed by atoms with E-state index in [0.717, 1.165) is 5.75 Å². The molecule has 7 nitrogen and oxygen atoms in total. The molecule has 0 saturated carbocycles. The number of carbonyl (C=O) groups is 2. The topological polar surface area (TPSA) is 92.4 Å². The molecule has 0 aliphatic heterocycles. The van der Waals surface area contributed by atoms with E-state index in [1.165, 1.54) is 6.20 Å². The average molecular weight is 425 g/mol. The van der Waals surface area contributed by atoms with Crippen molar-refractivity contribution in [3.05, 3.63) is 77.4 Å². The lowest BCUT2D eigenvalue weighted by Gasteiger charge is -2.09. The number of hydrogen-bond acceptors (Lipinski definition) is 5. The molecule has 1 heterocycles. The number of amides is 2. The Morgan fingerprint density at radius 1 is 0.933 bits per heavy atom. The summed E-state index contributed by atoms with van der Waals surface area (Å²) < 4.78 is 5.38. The van der Waals surface area contributed by atoms with Crippen molar-refractivity contribution in [3.8, 4) is 5.75 Å². The molecule has 0 fully saturated rings. The fraction of sp³-hybridized carbons (Fsp3) is 0.136. The maximum atomic E-state index is 12.4. The van der Waals surface area contributed by atoms with Crippen LogP contribution in [0.5, 0.6) is 5.75 Å². The Balaban J connectivity index is 1.49. The summed E-state index contributed by atoms with van der Waals surface area (Å²) in [6.07, 6.45) is 1.46. The third-order valence-electron chi connectivity index (χ3n) is 4.02. The molecule has 3 rings (SSSR count). The molecule has 0 aliphatic rings. The molecule has 0 atom stereocenters. The molecule has 2 amide bonds. The van der Waals surface area contributed by atoms with Gasteiger partial charge in [-0.3, -0.25) is 9.59 Å². The standard InChI is InChI=1S/C22H21ClN4O3/c1-2-30-19-10-8-18(9-11-19)26-22(29)15-3-6-17(7-4-15)24-14-21(28)27-20-12-5-16(23)13-25-20/h3-13,24H,2,14H2,1H3,(H,26,29)(H,25,27,28). The molecule has 0 unspecified atom stereocenters. The number of ether oxygens (including phenoxy) is 1. The highest BCUT2D eigenvalue weighted by Crippen LogP contribution is 2.17. The minimum Gasteiger partial charge on any atom is -0.494 e. The van der Waals surface area contributed by atoms with E-state index in [9.17, 15) is 9.59 Å². The van der Waals surface area contributed by atoms with Crippen LogP contribution in [0, 0.1) is 0 Å². The fourth-order valence-electron chi connectivity index (χ4n) is 2.56. The van der Waals surface area contributed by atoms with Gasteiger partial charge in [0.2, 0.25) is 5.91 Å². The molecule has 0 bridgehead atoms. The molecule has 0 saturated heterocycles. The Hall–Kier alpha value is -3.58. The quantitative estimate of drug-likeness (QED) is 0.497. The molecular formula is C22H21ClN4O3. The highest BCUT2D eigenvalue weighted by molar-refractivity contribution is 6.30. The minimum atomic E-state index is -0.248. The smallest absolute Gasteiger partial charge is 0.255 e. The Kier molecular flexibility index (Phi) is 7.24. The molecule has 0 aliphatic carbocycles. The predicted molar refractivity (Wildman–Crippen MR) is 118 cm³/mol. The predicted octanol–water partition coefficient (Wildman–Crippen LogP) is 4.44. The van der Waals surface area contributed by atoms with E-state index in [4.69, 9.17) is 16.3 Å². The Labute approximate surface area is 179 Å². The summed E-state index contributed by atoms with van der Waals surface area (Å²) >= 11 is 5.77. The van der Waals surface area contributed by atoms with Gasteiger partial charge in [-0.1, -0.05) is 11.6 Å². The SMILES string of the molecule is CCOc1ccc(NC(=O)c2ccc(NCC(=O)Nc3ccc(Cl)cn3)cc2)cc1. The second-order valence-electron chi connectivity index (χ2n) is 6.25. The number of nitrogens with one attached hydrogen (secondary N) is 3. The van der Waals surface area contributed by atoms with E-state index < -0.39 is 0 Å². The van der Waals surface area contributed by atoms with E-state index in [2.05, 4.69) is 20.9 Å². The Morgan fingerprint density at radius 2 is 1.63 bits per heavy atom. The molecule has 3 N–H and O–H groups in total. The van der Waals surface area contributed by atoms with Gasteiger partial charge < -0.3 is 20.7 Å². The number of carbonyl (C=O) groups excluding carboxylic acids is 2. The monoisotopic (exact) mass is 424 g/mol. The second kappa shape index (κ2) is 10.3. The van der Waals surface area contributed by atoms with Crippen LogP contribution in [0.4, 0.5) is 17.2 Å². The molecule has 3 aromatic rings. The molecule has 0 spiro atoms. The van der Waals surface area contributed by atoms with Crippen LogP contribution in [0.3, 0.4) is 0 Å². The summed E-state index contributed by atoms with van der Waals surface area (Å²) in [5.41, 5.74) is 1.90. The first-order chi connectivity index (χ1) is 14.5. The van der Waals surface area contributed by atoms with Gasteiger partial charge in [0.1, 0.15) is 11.6 Å². The van der Waals surface area contributed by atoms with Gasteiger partial charge in [0.15, 0.2) is 0 Å². The van der Waals surface area contributed by atoms with Crippen LogP contribution in [-0.4, -0.2) is 29.9 Å². The summed E-state index contributed by atoms with van der Waals surface area (Å²) in [4.78, 5) is 28.4. The van der Waals surface area contributed by atoms with Gasteiger partial charge in [-0.2, -0.15) is 0 Å². The van der Waals surface area contributed by atoms with Crippen molar-refractivity contribution < 1.29 is 14.3 Å². The van der Waals surface area contributed by atoms with Gasteiger partial charge in [-0.25, -0.2) is 4.98 Å². The molecule has 8 heteroatoms. The van der Waals surface area contributed by atoms with E-state index in [1.807, 2.05) is 6.92 Å². The summed E-state index contributed by atoms with van der Waals surface area (Å²) in [6, 6.07) is 17.3. The zero-order chi connectivity index (χ0) is 21.3. The van der Waals surface area contributed by atoms with Crippen LogP contribution in [0.2, 0.25) is 5.02 Å². The first-order valence-electron chi connectivity index (χ1n) is 9.33. The van der Waals surface area contributed by atoms with Crippen LogP contribution in [-0.2, 0) is 4.79 Å². The maximum Gasteiger partial charge on any atom is 0.255 e.